The zero-order chi connectivity index (χ0) is 33.7. The Labute approximate surface area is 265 Å². The first-order valence-corrected chi connectivity index (χ1v) is 14.7. The molecule has 15 heteroatoms. The fourth-order valence-electron chi connectivity index (χ4n) is 7.45. The van der Waals surface area contributed by atoms with Gasteiger partial charge in [0.05, 0.1) is 31.2 Å². The van der Waals surface area contributed by atoms with E-state index in [9.17, 15) is 55.5 Å². The lowest BCUT2D eigenvalue weighted by Gasteiger charge is -2.43. The number of Topliss-reactive ketones (excluding diaryl/α,β-unsaturated/α-hetero) is 1. The number of aliphatic hydroxyl groups is 3. The van der Waals surface area contributed by atoms with Crippen molar-refractivity contribution in [3.05, 3.63) is 52.6 Å². The number of phenolic OH excluding ortho intramolecular Hbond substituents is 6. The Morgan fingerprint density at radius 2 is 1.47 bits per heavy atom. The molecule has 47 heavy (non-hydrogen) atoms. The minimum atomic E-state index is -3.02. The van der Waals surface area contributed by atoms with Crippen molar-refractivity contribution in [3.63, 3.8) is 0 Å². The second-order valence-electron chi connectivity index (χ2n) is 12.2. The smallest absolute Gasteiger partial charge is 0.346 e. The lowest BCUT2D eigenvalue weighted by molar-refractivity contribution is -0.173. The van der Waals surface area contributed by atoms with Gasteiger partial charge in [-0.15, -0.1) is 0 Å². The lowest BCUT2D eigenvalue weighted by Crippen LogP contribution is -2.60. The van der Waals surface area contributed by atoms with Crippen LogP contribution < -0.4 is 14.2 Å². The summed E-state index contributed by atoms with van der Waals surface area (Å²) in [4.78, 5) is 27.3. The van der Waals surface area contributed by atoms with Gasteiger partial charge in [0.1, 0.15) is 34.5 Å². The summed E-state index contributed by atoms with van der Waals surface area (Å²) in [6.07, 6.45) is -7.41. The van der Waals surface area contributed by atoms with Crippen LogP contribution in [0.3, 0.4) is 0 Å². The molecule has 3 aromatic rings. The van der Waals surface area contributed by atoms with Gasteiger partial charge < -0.3 is 64.9 Å². The molecule has 0 bridgehead atoms. The van der Waals surface area contributed by atoms with E-state index in [2.05, 4.69) is 0 Å². The molecule has 3 aliphatic heterocycles. The van der Waals surface area contributed by atoms with Crippen LogP contribution in [0, 0.1) is 0 Å². The van der Waals surface area contributed by atoms with Crippen LogP contribution in [0.4, 0.5) is 0 Å². The predicted molar refractivity (Wildman–Crippen MR) is 154 cm³/mol. The predicted octanol–water partition coefficient (Wildman–Crippen LogP) is 0.804. The van der Waals surface area contributed by atoms with Gasteiger partial charge in [-0.2, -0.15) is 0 Å². The monoisotopic (exact) mass is 654 g/mol. The van der Waals surface area contributed by atoms with Crippen LogP contribution in [0.15, 0.2) is 30.3 Å². The second-order valence-corrected chi connectivity index (χ2v) is 12.2. The third-order valence-corrected chi connectivity index (χ3v) is 9.40. The highest BCUT2D eigenvalue weighted by Crippen LogP contribution is 2.65. The van der Waals surface area contributed by atoms with Gasteiger partial charge in [-0.3, -0.25) is 4.79 Å². The fraction of sp³-hybridized carbons (Fsp3) is 0.375. The average molecular weight is 655 g/mol. The molecule has 0 saturated heterocycles. The molecule has 3 aromatic carbocycles. The number of carbonyl (C=O) groups is 2. The van der Waals surface area contributed by atoms with E-state index >= 15 is 0 Å². The zero-order valence-corrected chi connectivity index (χ0v) is 24.6. The van der Waals surface area contributed by atoms with Crippen molar-refractivity contribution in [1.82, 2.24) is 0 Å². The van der Waals surface area contributed by atoms with E-state index in [1.54, 1.807) is 0 Å². The van der Waals surface area contributed by atoms with Gasteiger partial charge in [0.2, 0.25) is 11.4 Å². The summed E-state index contributed by atoms with van der Waals surface area (Å²) in [6, 6.07) is 5.42. The van der Waals surface area contributed by atoms with Gasteiger partial charge in [-0.25, -0.2) is 4.79 Å². The minimum absolute atomic E-state index is 0.0466. The Hall–Kier alpha value is -5.12. The zero-order valence-electron chi connectivity index (χ0n) is 24.6. The number of carbonyl (C=O) groups excluding carboxylic acids is 2. The third-order valence-electron chi connectivity index (χ3n) is 9.40. The Balaban J connectivity index is 1.44. The number of hydrogen-bond donors (Lipinski definition) is 9. The van der Waals surface area contributed by atoms with Crippen LogP contribution in [0.25, 0.3) is 0 Å². The summed E-state index contributed by atoms with van der Waals surface area (Å²) in [5.74, 6) is -8.09. The highest BCUT2D eigenvalue weighted by Gasteiger charge is 2.76. The van der Waals surface area contributed by atoms with Crippen molar-refractivity contribution in [1.29, 1.82) is 0 Å². The maximum Gasteiger partial charge on any atom is 0.346 e. The molecule has 4 aliphatic rings. The van der Waals surface area contributed by atoms with Gasteiger partial charge in [0, 0.05) is 59.4 Å². The Kier molecular flexibility index (Phi) is 6.62. The number of esters is 1. The first kappa shape index (κ1) is 30.5. The minimum Gasteiger partial charge on any atom is -0.508 e. The first-order valence-electron chi connectivity index (χ1n) is 14.7. The molecular weight excluding hydrogens is 624 g/mol. The number of rotatable bonds is 4. The molecule has 15 nitrogen and oxygen atoms in total. The van der Waals surface area contributed by atoms with Crippen LogP contribution in [0.1, 0.15) is 47.6 Å². The summed E-state index contributed by atoms with van der Waals surface area (Å²) in [5, 5.41) is 97.7. The molecule has 3 heterocycles. The molecule has 7 rings (SSSR count). The number of aromatic hydroxyl groups is 6. The number of ether oxygens (including phenoxy) is 4. The molecule has 7 atom stereocenters. The van der Waals surface area contributed by atoms with Gasteiger partial charge >= 0.3 is 5.97 Å². The number of ketones is 1. The summed E-state index contributed by atoms with van der Waals surface area (Å²) >= 11 is 0. The highest BCUT2D eigenvalue weighted by molar-refractivity contribution is 6.11. The van der Waals surface area contributed by atoms with E-state index in [0.29, 0.717) is 0 Å². The summed E-state index contributed by atoms with van der Waals surface area (Å²) in [7, 11) is 0. The molecule has 0 amide bonds. The van der Waals surface area contributed by atoms with Gasteiger partial charge in [0.25, 0.3) is 0 Å². The second kappa shape index (κ2) is 10.2. The van der Waals surface area contributed by atoms with Crippen LogP contribution in [-0.2, 0) is 27.2 Å². The SMILES string of the molecule is CCOC(=O)[C@@]1(O)C(=O)C[C@@]2([C@H]3Oc4cc(O)cc(O)c4C[C@H]3O)Oc3c(O)c(O)cc([C@H]4Oc5cc(O)cc(O)c5C[C@H]4O)c3[C@@H]12. The molecule has 9 N–H and O–H groups in total. The van der Waals surface area contributed by atoms with E-state index in [-0.39, 0.29) is 64.7 Å². The molecular formula is C32H30O15. The normalized spacial score (nSPS) is 30.2. The Morgan fingerprint density at radius 1 is 0.872 bits per heavy atom. The van der Waals surface area contributed by atoms with Crippen molar-refractivity contribution in [3.8, 4) is 51.7 Å². The van der Waals surface area contributed by atoms with Crippen molar-refractivity contribution in [2.24, 2.45) is 0 Å². The van der Waals surface area contributed by atoms with Crippen LogP contribution in [-0.4, -0.2) is 93.8 Å². The molecule has 1 saturated carbocycles. The topological polar surface area (TPSA) is 253 Å². The molecule has 0 spiro atoms. The van der Waals surface area contributed by atoms with Crippen LogP contribution >= 0.6 is 0 Å². The quantitative estimate of drug-likeness (QED) is 0.107. The molecule has 1 aliphatic carbocycles. The molecule has 0 unspecified atom stereocenters. The number of hydrogen-bond acceptors (Lipinski definition) is 15. The van der Waals surface area contributed by atoms with E-state index in [4.69, 9.17) is 18.9 Å². The van der Waals surface area contributed by atoms with Crippen molar-refractivity contribution in [2.75, 3.05) is 6.61 Å². The molecule has 1 fully saturated rings. The molecule has 248 valence electrons. The summed E-state index contributed by atoms with van der Waals surface area (Å²) in [5.41, 5.74) is -5.34. The van der Waals surface area contributed by atoms with Gasteiger partial charge in [-0.05, 0) is 13.0 Å². The average Bonchev–Trinajstić information content (AvgIpc) is 3.45. The van der Waals surface area contributed by atoms with E-state index in [1.165, 1.54) is 13.0 Å². The maximum atomic E-state index is 13.8. The standard InChI is InChI=1S/C32H30O15/c1-2-44-30(42)32(43)23(40)10-31(29-20(39)8-14-17(36)4-12(34)6-22(14)46-29)28(32)24-15(9-18(37)25(41)27(24)47-31)26-19(38)7-13-16(35)3-11(33)5-21(13)45-26/h3-6,9,19-20,26,28-29,33-39,41,43H,2,7-8,10H2,1H3/t19-,20-,26-,28-,29+,31-,32-/m1/s1. The summed E-state index contributed by atoms with van der Waals surface area (Å²) in [6.45, 7) is 1.19. The van der Waals surface area contributed by atoms with Crippen LogP contribution in [0.5, 0.6) is 51.7 Å². The van der Waals surface area contributed by atoms with Crippen molar-refractivity contribution >= 4 is 11.8 Å². The van der Waals surface area contributed by atoms with Gasteiger partial charge in [0.15, 0.2) is 35.1 Å². The number of fused-ring (bicyclic) bond motifs is 5. The van der Waals surface area contributed by atoms with Gasteiger partial charge in [-0.1, -0.05) is 0 Å². The van der Waals surface area contributed by atoms with Crippen LogP contribution in [0.2, 0.25) is 0 Å². The number of benzene rings is 3. The van der Waals surface area contributed by atoms with E-state index in [1.807, 2.05) is 0 Å². The van der Waals surface area contributed by atoms with E-state index in [0.717, 1.165) is 24.3 Å². The fourth-order valence-corrected chi connectivity index (χ4v) is 7.45. The van der Waals surface area contributed by atoms with Crippen molar-refractivity contribution in [2.45, 2.75) is 67.7 Å². The van der Waals surface area contributed by atoms with E-state index < -0.39 is 88.5 Å². The largest absolute Gasteiger partial charge is 0.508 e. The highest BCUT2D eigenvalue weighted by atomic mass is 16.6. The summed E-state index contributed by atoms with van der Waals surface area (Å²) < 4.78 is 23.4. The first-order chi connectivity index (χ1) is 22.2. The molecule has 0 radical (unpaired) electrons. The Morgan fingerprint density at radius 3 is 2.09 bits per heavy atom. The lowest BCUT2D eigenvalue weighted by atomic mass is 9.72. The Bertz CT molecular complexity index is 1850. The maximum absolute atomic E-state index is 13.8. The molecule has 0 aromatic heterocycles. The number of phenols is 6. The number of aliphatic hydroxyl groups excluding tert-OH is 2. The van der Waals surface area contributed by atoms with Crippen molar-refractivity contribution < 1.29 is 74.5 Å². The third kappa shape index (κ3) is 4.16.